The van der Waals surface area contributed by atoms with Crippen LogP contribution >= 0.6 is 0 Å². The van der Waals surface area contributed by atoms with Crippen molar-refractivity contribution >= 4 is 16.9 Å². The maximum Gasteiger partial charge on any atom is 0.226 e. The highest BCUT2D eigenvalue weighted by Crippen LogP contribution is 2.32. The lowest BCUT2D eigenvalue weighted by molar-refractivity contribution is -0.138. The van der Waals surface area contributed by atoms with Gasteiger partial charge in [0.15, 0.2) is 11.6 Å². The normalized spacial score (nSPS) is 19.5. The number of aromatic nitrogens is 8. The Bertz CT molecular complexity index is 1480. The van der Waals surface area contributed by atoms with Crippen molar-refractivity contribution in [1.82, 2.24) is 44.6 Å². The SMILES string of the molecule is Cc1cccc2c1nnn2-c1ccnc(C#CCC2CCC(C(=O)N3CCn4cnnc4C3)CC2)n1.[HH]. The molecule has 1 aromatic carbocycles. The summed E-state index contributed by atoms with van der Waals surface area (Å²) in [5, 5.41) is 16.6. The molecule has 1 fully saturated rings. The molecule has 3 aromatic heterocycles. The van der Waals surface area contributed by atoms with Crippen LogP contribution in [0.3, 0.4) is 0 Å². The van der Waals surface area contributed by atoms with Crippen molar-refractivity contribution in [2.75, 3.05) is 6.54 Å². The number of hydrogen-bond donors (Lipinski definition) is 0. The lowest BCUT2D eigenvalue weighted by atomic mass is 9.80. The van der Waals surface area contributed by atoms with Crippen LogP contribution in [0.15, 0.2) is 36.8 Å². The Kier molecular flexibility index (Phi) is 5.89. The molecule has 0 N–H and O–H groups in total. The summed E-state index contributed by atoms with van der Waals surface area (Å²) in [6.07, 6.45) is 8.09. The van der Waals surface area contributed by atoms with Gasteiger partial charge in [-0.1, -0.05) is 23.3 Å². The third kappa shape index (κ3) is 4.33. The van der Waals surface area contributed by atoms with Crippen LogP contribution in [0.1, 0.15) is 50.7 Å². The topological polar surface area (TPSA) is 108 Å². The summed E-state index contributed by atoms with van der Waals surface area (Å²) >= 11 is 0. The number of carbonyl (C=O) groups is 1. The largest absolute Gasteiger partial charge is 0.333 e. The molecule has 10 heteroatoms. The van der Waals surface area contributed by atoms with Crippen LogP contribution < -0.4 is 0 Å². The Hall–Kier alpha value is -4.13. The molecule has 0 unspecified atom stereocenters. The molecule has 1 aliphatic carbocycles. The monoisotopic (exact) mass is 483 g/mol. The molecular formula is C26H29N9O. The quantitative estimate of drug-likeness (QED) is 0.412. The van der Waals surface area contributed by atoms with Gasteiger partial charge in [-0.2, -0.15) is 4.68 Å². The molecule has 10 nitrogen and oxygen atoms in total. The summed E-state index contributed by atoms with van der Waals surface area (Å²) in [5.74, 6) is 9.25. The van der Waals surface area contributed by atoms with E-state index in [0.29, 0.717) is 24.1 Å². The molecule has 4 heterocycles. The van der Waals surface area contributed by atoms with Gasteiger partial charge in [-0.3, -0.25) is 4.79 Å². The molecule has 36 heavy (non-hydrogen) atoms. The highest BCUT2D eigenvalue weighted by atomic mass is 16.2. The summed E-state index contributed by atoms with van der Waals surface area (Å²) in [6, 6.07) is 7.80. The minimum Gasteiger partial charge on any atom is -0.333 e. The van der Waals surface area contributed by atoms with Crippen molar-refractivity contribution in [2.45, 2.75) is 52.1 Å². The standard InChI is InChI=1S/C26H27N9O.H2/c1-18-4-2-6-21-25(18)31-32-35(21)23-12-13-27-22(29-23)7-3-5-19-8-10-20(11-9-19)26(36)33-14-15-34-17-28-30-24(34)16-33;/h2,4,6,12-13,17,19-20H,5,8-11,14-16H2,1H3;1H. The first kappa shape index (κ1) is 22.3. The van der Waals surface area contributed by atoms with E-state index < -0.39 is 0 Å². The van der Waals surface area contributed by atoms with Gasteiger partial charge in [-0.05, 0) is 56.1 Å². The molecule has 4 aromatic rings. The van der Waals surface area contributed by atoms with E-state index in [9.17, 15) is 4.79 Å². The molecule has 0 saturated heterocycles. The van der Waals surface area contributed by atoms with E-state index in [1.807, 2.05) is 40.7 Å². The Morgan fingerprint density at radius 1 is 1.14 bits per heavy atom. The van der Waals surface area contributed by atoms with Crippen LogP contribution in [-0.4, -0.2) is 57.1 Å². The van der Waals surface area contributed by atoms with Gasteiger partial charge in [0.05, 0.1) is 12.1 Å². The van der Waals surface area contributed by atoms with Crippen LogP contribution in [0.4, 0.5) is 0 Å². The van der Waals surface area contributed by atoms with Crippen molar-refractivity contribution in [1.29, 1.82) is 0 Å². The molecule has 184 valence electrons. The zero-order chi connectivity index (χ0) is 24.5. The minimum atomic E-state index is 0. The van der Waals surface area contributed by atoms with Crippen molar-refractivity contribution in [3.8, 4) is 17.7 Å². The first-order chi connectivity index (χ1) is 17.7. The predicted molar refractivity (Wildman–Crippen MR) is 134 cm³/mol. The molecule has 0 atom stereocenters. The summed E-state index contributed by atoms with van der Waals surface area (Å²) in [7, 11) is 0. The third-order valence-electron chi connectivity index (χ3n) is 7.27. The van der Waals surface area contributed by atoms with Gasteiger partial charge in [-0.15, -0.1) is 15.3 Å². The average molecular weight is 484 g/mol. The van der Waals surface area contributed by atoms with Crippen LogP contribution in [0.5, 0.6) is 0 Å². The molecule has 2 aliphatic rings. The van der Waals surface area contributed by atoms with E-state index in [1.165, 1.54) is 0 Å². The Labute approximate surface area is 210 Å². The second kappa shape index (κ2) is 9.49. The van der Waals surface area contributed by atoms with Crippen LogP contribution in [0, 0.1) is 30.6 Å². The molecule has 1 aliphatic heterocycles. The van der Waals surface area contributed by atoms with Crippen LogP contribution in [0.2, 0.25) is 0 Å². The molecule has 0 bridgehead atoms. The molecule has 1 amide bonds. The Balaban J connectivity index is 0.00000280. The second-order valence-electron chi connectivity index (χ2n) is 9.61. The van der Waals surface area contributed by atoms with E-state index in [4.69, 9.17) is 0 Å². The van der Waals surface area contributed by atoms with Gasteiger partial charge >= 0.3 is 0 Å². The van der Waals surface area contributed by atoms with Crippen molar-refractivity contribution < 1.29 is 6.22 Å². The number of carbonyl (C=O) groups excluding carboxylic acids is 1. The van der Waals surface area contributed by atoms with E-state index in [-0.39, 0.29) is 13.3 Å². The smallest absolute Gasteiger partial charge is 0.226 e. The number of rotatable bonds is 3. The number of nitrogens with zero attached hydrogens (tertiary/aromatic N) is 9. The fourth-order valence-corrected chi connectivity index (χ4v) is 5.18. The lowest BCUT2D eigenvalue weighted by Crippen LogP contribution is -2.42. The van der Waals surface area contributed by atoms with Crippen LogP contribution in [0.25, 0.3) is 16.9 Å². The van der Waals surface area contributed by atoms with E-state index in [0.717, 1.165) is 67.6 Å². The van der Waals surface area contributed by atoms with Gasteiger partial charge in [0.2, 0.25) is 11.7 Å². The second-order valence-corrected chi connectivity index (χ2v) is 9.61. The lowest BCUT2D eigenvalue weighted by Gasteiger charge is -2.33. The first-order valence-electron chi connectivity index (χ1n) is 12.4. The zero-order valence-electron chi connectivity index (χ0n) is 20.2. The van der Waals surface area contributed by atoms with Crippen molar-refractivity contribution in [3.63, 3.8) is 0 Å². The summed E-state index contributed by atoms with van der Waals surface area (Å²) in [5.41, 5.74) is 2.84. The van der Waals surface area contributed by atoms with Gasteiger partial charge in [-0.25, -0.2) is 9.97 Å². The fourth-order valence-electron chi connectivity index (χ4n) is 5.18. The minimum absolute atomic E-state index is 0. The molecule has 6 rings (SSSR count). The van der Waals surface area contributed by atoms with Gasteiger partial charge < -0.3 is 9.47 Å². The number of hydrogen-bond acceptors (Lipinski definition) is 7. The van der Waals surface area contributed by atoms with Gasteiger partial charge in [0.25, 0.3) is 0 Å². The Morgan fingerprint density at radius 2 is 2.03 bits per heavy atom. The zero-order valence-corrected chi connectivity index (χ0v) is 20.2. The van der Waals surface area contributed by atoms with Gasteiger partial charge in [0, 0.05) is 39.1 Å². The van der Waals surface area contributed by atoms with Crippen molar-refractivity contribution in [2.24, 2.45) is 11.8 Å². The first-order valence-corrected chi connectivity index (χ1v) is 12.4. The summed E-state index contributed by atoms with van der Waals surface area (Å²) in [4.78, 5) is 23.9. The third-order valence-corrected chi connectivity index (χ3v) is 7.27. The van der Waals surface area contributed by atoms with E-state index in [1.54, 1.807) is 17.2 Å². The number of amides is 1. The fraction of sp³-hybridized carbons (Fsp3) is 0.423. The number of fused-ring (bicyclic) bond motifs is 2. The summed E-state index contributed by atoms with van der Waals surface area (Å²) < 4.78 is 3.74. The van der Waals surface area contributed by atoms with E-state index >= 15 is 0 Å². The number of aryl methyl sites for hydroxylation is 1. The number of benzene rings is 1. The van der Waals surface area contributed by atoms with E-state index in [2.05, 4.69) is 42.3 Å². The molecular weight excluding hydrogens is 454 g/mol. The molecule has 0 spiro atoms. The van der Waals surface area contributed by atoms with Crippen molar-refractivity contribution in [3.05, 3.63) is 54.0 Å². The van der Waals surface area contributed by atoms with Gasteiger partial charge in [0.1, 0.15) is 11.8 Å². The maximum absolute atomic E-state index is 13.0. The Morgan fingerprint density at radius 3 is 2.92 bits per heavy atom. The molecule has 0 radical (unpaired) electrons. The molecule has 1 saturated carbocycles. The maximum atomic E-state index is 13.0. The highest BCUT2D eigenvalue weighted by molar-refractivity contribution is 5.79. The summed E-state index contributed by atoms with van der Waals surface area (Å²) in [6.45, 7) is 4.09. The predicted octanol–water partition coefficient (Wildman–Crippen LogP) is 2.95. The average Bonchev–Trinajstić information content (AvgIpc) is 3.56. The highest BCUT2D eigenvalue weighted by Gasteiger charge is 2.31. The van der Waals surface area contributed by atoms with Crippen LogP contribution in [-0.2, 0) is 17.9 Å².